The average Bonchev–Trinajstić information content (AvgIpc) is 2.40. The van der Waals surface area contributed by atoms with Gasteiger partial charge < -0.3 is 10.1 Å². The summed E-state index contributed by atoms with van der Waals surface area (Å²) < 4.78 is 30.6. The van der Waals surface area contributed by atoms with Crippen LogP contribution in [0.3, 0.4) is 0 Å². The maximum atomic E-state index is 13.0. The number of benzene rings is 1. The highest BCUT2D eigenvalue weighted by molar-refractivity contribution is 5.38. The molecule has 0 unspecified atom stereocenters. The fourth-order valence-corrected chi connectivity index (χ4v) is 1.39. The number of rotatable bonds is 4. The van der Waals surface area contributed by atoms with Gasteiger partial charge in [0.15, 0.2) is 11.6 Å². The zero-order valence-corrected chi connectivity index (χ0v) is 9.65. The summed E-state index contributed by atoms with van der Waals surface area (Å²) in [7, 11) is 1.50. The molecule has 1 N–H and O–H groups in total. The molecule has 0 amide bonds. The lowest BCUT2D eigenvalue weighted by Gasteiger charge is -2.06. The van der Waals surface area contributed by atoms with Gasteiger partial charge >= 0.3 is 0 Å². The number of nitrogens with one attached hydrogen (secondary N) is 1. The van der Waals surface area contributed by atoms with E-state index in [1.807, 2.05) is 0 Å². The molecule has 1 heterocycles. The Bertz CT molecular complexity index is 549. The monoisotopic (exact) mass is 251 g/mol. The maximum absolute atomic E-state index is 13.0. The minimum atomic E-state index is -0.866. The number of anilines is 1. The average molecular weight is 251 g/mol. The fourth-order valence-electron chi connectivity index (χ4n) is 1.39. The first-order chi connectivity index (χ1) is 8.69. The molecule has 2 aromatic rings. The van der Waals surface area contributed by atoms with E-state index in [9.17, 15) is 8.78 Å². The van der Waals surface area contributed by atoms with Crippen LogP contribution in [0, 0.1) is 11.6 Å². The second kappa shape index (κ2) is 5.39. The van der Waals surface area contributed by atoms with Gasteiger partial charge in [0.05, 0.1) is 7.11 Å². The Morgan fingerprint density at radius 1 is 1.17 bits per heavy atom. The van der Waals surface area contributed by atoms with Gasteiger partial charge in [-0.3, -0.25) is 0 Å². The molecule has 0 spiro atoms. The summed E-state index contributed by atoms with van der Waals surface area (Å²) in [6, 6.07) is 5.34. The van der Waals surface area contributed by atoms with Crippen LogP contribution >= 0.6 is 0 Å². The van der Waals surface area contributed by atoms with Crippen molar-refractivity contribution in [1.82, 2.24) is 9.97 Å². The second-order valence-electron chi connectivity index (χ2n) is 3.55. The van der Waals surface area contributed by atoms with Gasteiger partial charge in [-0.2, -0.15) is 0 Å². The van der Waals surface area contributed by atoms with Gasteiger partial charge in [-0.25, -0.2) is 18.7 Å². The Morgan fingerprint density at radius 2 is 2.00 bits per heavy atom. The van der Waals surface area contributed by atoms with Crippen molar-refractivity contribution in [2.24, 2.45) is 0 Å². The van der Waals surface area contributed by atoms with Crippen molar-refractivity contribution in [1.29, 1.82) is 0 Å². The molecule has 2 rings (SSSR count). The summed E-state index contributed by atoms with van der Waals surface area (Å²) in [5.41, 5.74) is 0.617. The third kappa shape index (κ3) is 2.91. The van der Waals surface area contributed by atoms with Gasteiger partial charge in [0, 0.05) is 12.6 Å². The Kier molecular flexibility index (Phi) is 3.66. The fraction of sp³-hybridized carbons (Fsp3) is 0.167. The SMILES string of the molecule is COc1cc(NCc2ccc(F)c(F)c2)ncn1. The molecule has 1 aromatic carbocycles. The lowest BCUT2D eigenvalue weighted by atomic mass is 10.2. The molecule has 0 radical (unpaired) electrons. The highest BCUT2D eigenvalue weighted by Crippen LogP contribution is 2.13. The van der Waals surface area contributed by atoms with Crippen LogP contribution in [0.4, 0.5) is 14.6 Å². The summed E-state index contributed by atoms with van der Waals surface area (Å²) in [5, 5.41) is 2.96. The van der Waals surface area contributed by atoms with E-state index in [1.54, 1.807) is 6.07 Å². The highest BCUT2D eigenvalue weighted by Gasteiger charge is 2.03. The number of ether oxygens (including phenoxy) is 1. The van der Waals surface area contributed by atoms with E-state index in [1.165, 1.54) is 19.5 Å². The van der Waals surface area contributed by atoms with E-state index >= 15 is 0 Å². The normalized spacial score (nSPS) is 10.2. The molecule has 0 fully saturated rings. The lowest BCUT2D eigenvalue weighted by Crippen LogP contribution is -2.03. The molecule has 0 saturated heterocycles. The standard InChI is InChI=1S/C12H11F2N3O/c1-18-12-5-11(16-7-17-12)15-6-8-2-3-9(13)10(14)4-8/h2-5,7H,6H2,1H3,(H,15,16,17). The molecule has 0 aliphatic carbocycles. The molecule has 6 heteroatoms. The molecular weight excluding hydrogens is 240 g/mol. The highest BCUT2D eigenvalue weighted by atomic mass is 19.2. The molecule has 0 aliphatic rings. The van der Waals surface area contributed by atoms with Crippen LogP contribution in [0.25, 0.3) is 0 Å². The van der Waals surface area contributed by atoms with Crippen LogP contribution in [0.5, 0.6) is 5.88 Å². The number of hydrogen-bond acceptors (Lipinski definition) is 4. The van der Waals surface area contributed by atoms with Gasteiger partial charge in [0.1, 0.15) is 12.1 Å². The number of halogens is 2. The smallest absolute Gasteiger partial charge is 0.218 e. The summed E-state index contributed by atoms with van der Waals surface area (Å²) in [5.74, 6) is -0.749. The van der Waals surface area contributed by atoms with E-state index in [-0.39, 0.29) is 0 Å². The first-order valence-corrected chi connectivity index (χ1v) is 5.23. The first kappa shape index (κ1) is 12.2. The van der Waals surface area contributed by atoms with Crippen LogP contribution in [0.15, 0.2) is 30.6 Å². The number of nitrogens with zero attached hydrogens (tertiary/aromatic N) is 2. The zero-order valence-electron chi connectivity index (χ0n) is 9.65. The van der Waals surface area contributed by atoms with Gasteiger partial charge in [-0.05, 0) is 17.7 Å². The number of aromatic nitrogens is 2. The van der Waals surface area contributed by atoms with Crippen LogP contribution in [-0.4, -0.2) is 17.1 Å². The summed E-state index contributed by atoms with van der Waals surface area (Å²) >= 11 is 0. The topological polar surface area (TPSA) is 47.0 Å². The zero-order chi connectivity index (χ0) is 13.0. The lowest BCUT2D eigenvalue weighted by molar-refractivity contribution is 0.397. The third-order valence-corrected chi connectivity index (χ3v) is 2.31. The molecule has 0 bridgehead atoms. The first-order valence-electron chi connectivity index (χ1n) is 5.23. The largest absolute Gasteiger partial charge is 0.481 e. The van der Waals surface area contributed by atoms with E-state index in [0.717, 1.165) is 12.1 Å². The molecule has 4 nitrogen and oxygen atoms in total. The summed E-state index contributed by atoms with van der Waals surface area (Å²) in [6.07, 6.45) is 1.35. The maximum Gasteiger partial charge on any atom is 0.218 e. The molecule has 1 aromatic heterocycles. The molecule has 94 valence electrons. The van der Waals surface area contributed by atoms with E-state index in [4.69, 9.17) is 4.74 Å². The van der Waals surface area contributed by atoms with Crippen molar-refractivity contribution in [3.05, 3.63) is 47.8 Å². The van der Waals surface area contributed by atoms with Crippen LogP contribution in [0.2, 0.25) is 0 Å². The Hall–Kier alpha value is -2.24. The number of hydrogen-bond donors (Lipinski definition) is 1. The second-order valence-corrected chi connectivity index (χ2v) is 3.55. The van der Waals surface area contributed by atoms with E-state index in [0.29, 0.717) is 23.8 Å². The Labute approximate surface area is 103 Å². The van der Waals surface area contributed by atoms with Gasteiger partial charge in [0.2, 0.25) is 5.88 Å². The van der Waals surface area contributed by atoms with Gasteiger partial charge in [-0.15, -0.1) is 0 Å². The van der Waals surface area contributed by atoms with Crippen molar-refractivity contribution < 1.29 is 13.5 Å². The molecule has 0 saturated carbocycles. The Balaban J connectivity index is 2.04. The molecule has 0 aliphatic heterocycles. The Morgan fingerprint density at radius 3 is 2.72 bits per heavy atom. The minimum Gasteiger partial charge on any atom is -0.481 e. The van der Waals surface area contributed by atoms with Crippen molar-refractivity contribution in [2.45, 2.75) is 6.54 Å². The van der Waals surface area contributed by atoms with Crippen molar-refractivity contribution in [2.75, 3.05) is 12.4 Å². The quantitative estimate of drug-likeness (QED) is 0.906. The molecule has 0 atom stereocenters. The van der Waals surface area contributed by atoms with Crippen LogP contribution < -0.4 is 10.1 Å². The molecule has 18 heavy (non-hydrogen) atoms. The van der Waals surface area contributed by atoms with Crippen LogP contribution in [0.1, 0.15) is 5.56 Å². The predicted molar refractivity (Wildman–Crippen MR) is 62.3 cm³/mol. The predicted octanol–water partition coefficient (Wildman–Crippen LogP) is 2.38. The minimum absolute atomic E-state index is 0.331. The van der Waals surface area contributed by atoms with Gasteiger partial charge in [-0.1, -0.05) is 6.07 Å². The summed E-state index contributed by atoms with van der Waals surface area (Å²) in [4.78, 5) is 7.83. The van der Waals surface area contributed by atoms with Crippen molar-refractivity contribution >= 4 is 5.82 Å². The van der Waals surface area contributed by atoms with Crippen LogP contribution in [-0.2, 0) is 6.54 Å². The third-order valence-electron chi connectivity index (χ3n) is 2.31. The van der Waals surface area contributed by atoms with Crippen molar-refractivity contribution in [3.63, 3.8) is 0 Å². The van der Waals surface area contributed by atoms with E-state index in [2.05, 4.69) is 15.3 Å². The van der Waals surface area contributed by atoms with Gasteiger partial charge in [0.25, 0.3) is 0 Å². The van der Waals surface area contributed by atoms with Crippen molar-refractivity contribution in [3.8, 4) is 5.88 Å². The number of methoxy groups -OCH3 is 1. The van der Waals surface area contributed by atoms with E-state index < -0.39 is 11.6 Å². The summed E-state index contributed by atoms with van der Waals surface area (Å²) in [6.45, 7) is 0.331. The molecular formula is C12H11F2N3O.